The molecule has 3 unspecified atom stereocenters. The first-order valence-electron chi connectivity index (χ1n) is 8.30. The van der Waals surface area contributed by atoms with E-state index in [4.69, 9.17) is 5.84 Å². The normalized spacial score (nSPS) is 30.1. The van der Waals surface area contributed by atoms with E-state index < -0.39 is 0 Å². The van der Waals surface area contributed by atoms with Gasteiger partial charge < -0.3 is 0 Å². The third-order valence-corrected chi connectivity index (χ3v) is 5.41. The highest BCUT2D eigenvalue weighted by atomic mass is 15.3. The number of fused-ring (bicyclic) bond motifs is 1. The molecule has 2 aliphatic carbocycles. The Morgan fingerprint density at radius 3 is 2.60 bits per heavy atom. The lowest BCUT2D eigenvalue weighted by atomic mass is 10.0. The first-order chi connectivity index (χ1) is 9.78. The first kappa shape index (κ1) is 14.1. The van der Waals surface area contributed by atoms with Crippen LogP contribution in [0.2, 0.25) is 0 Å². The fourth-order valence-corrected chi connectivity index (χ4v) is 4.30. The van der Waals surface area contributed by atoms with Crippen LogP contribution in [-0.4, -0.2) is 15.8 Å². The molecule has 2 fully saturated rings. The summed E-state index contributed by atoms with van der Waals surface area (Å²) < 4.78 is 2.15. The average Bonchev–Trinajstić information content (AvgIpc) is 3.08. The molecule has 0 saturated heterocycles. The van der Waals surface area contributed by atoms with Crippen molar-refractivity contribution in [3.05, 3.63) is 17.5 Å². The van der Waals surface area contributed by atoms with E-state index in [9.17, 15) is 0 Å². The molecule has 2 aliphatic rings. The molecular formula is C16H28N4. The van der Waals surface area contributed by atoms with Crippen LogP contribution in [0.4, 0.5) is 0 Å². The molecule has 3 atom stereocenters. The molecule has 0 aromatic carbocycles. The van der Waals surface area contributed by atoms with Crippen molar-refractivity contribution in [3.8, 4) is 0 Å². The van der Waals surface area contributed by atoms with E-state index in [0.29, 0.717) is 6.04 Å². The summed E-state index contributed by atoms with van der Waals surface area (Å²) >= 11 is 0. The maximum Gasteiger partial charge on any atom is 0.0624 e. The topological polar surface area (TPSA) is 55.9 Å². The van der Waals surface area contributed by atoms with Crippen LogP contribution in [0.15, 0.2) is 6.07 Å². The molecular weight excluding hydrogens is 248 g/mol. The zero-order valence-electron chi connectivity index (χ0n) is 12.8. The summed E-state index contributed by atoms with van der Waals surface area (Å²) in [4.78, 5) is 0. The Bertz CT molecular complexity index is 441. The molecule has 1 heterocycles. The summed E-state index contributed by atoms with van der Waals surface area (Å²) in [6, 6.07) is 2.69. The summed E-state index contributed by atoms with van der Waals surface area (Å²) in [7, 11) is 0. The van der Waals surface area contributed by atoms with Gasteiger partial charge in [-0.15, -0.1) is 0 Å². The Kier molecular flexibility index (Phi) is 4.13. The number of hydrogen-bond acceptors (Lipinski definition) is 3. The van der Waals surface area contributed by atoms with Gasteiger partial charge >= 0.3 is 0 Å². The molecule has 3 rings (SSSR count). The van der Waals surface area contributed by atoms with Crippen LogP contribution in [0.25, 0.3) is 0 Å². The molecule has 0 spiro atoms. The Balaban J connectivity index is 1.70. The molecule has 0 amide bonds. The maximum atomic E-state index is 5.87. The summed E-state index contributed by atoms with van der Waals surface area (Å²) in [6.45, 7) is 5.28. The van der Waals surface area contributed by atoms with E-state index in [2.05, 4.69) is 35.1 Å². The molecule has 1 aromatic heterocycles. The van der Waals surface area contributed by atoms with Crippen LogP contribution in [-0.2, 0) is 19.4 Å². The van der Waals surface area contributed by atoms with E-state index in [-0.39, 0.29) is 0 Å². The van der Waals surface area contributed by atoms with E-state index in [1.165, 1.54) is 37.1 Å². The van der Waals surface area contributed by atoms with Gasteiger partial charge in [-0.1, -0.05) is 19.8 Å². The first-order valence-corrected chi connectivity index (χ1v) is 8.30. The lowest BCUT2D eigenvalue weighted by Gasteiger charge is -2.16. The molecule has 4 heteroatoms. The van der Waals surface area contributed by atoms with Crippen molar-refractivity contribution in [3.63, 3.8) is 0 Å². The highest BCUT2D eigenvalue weighted by Gasteiger charge is 2.53. The second-order valence-electron chi connectivity index (χ2n) is 6.46. The molecule has 0 radical (unpaired) electrons. The molecule has 20 heavy (non-hydrogen) atoms. The van der Waals surface area contributed by atoms with Gasteiger partial charge in [0.2, 0.25) is 0 Å². The Hall–Kier alpha value is -0.870. The highest BCUT2D eigenvalue weighted by Crippen LogP contribution is 2.57. The number of hydrogen-bond donors (Lipinski definition) is 2. The van der Waals surface area contributed by atoms with Crippen LogP contribution in [0.1, 0.15) is 50.9 Å². The van der Waals surface area contributed by atoms with Crippen molar-refractivity contribution in [2.75, 3.05) is 0 Å². The van der Waals surface area contributed by atoms with E-state index in [1.807, 2.05) is 0 Å². The quantitative estimate of drug-likeness (QED) is 0.619. The van der Waals surface area contributed by atoms with Crippen LogP contribution in [0.3, 0.4) is 0 Å². The highest BCUT2D eigenvalue weighted by molar-refractivity contribution is 5.14. The zero-order chi connectivity index (χ0) is 14.1. The average molecular weight is 276 g/mol. The third kappa shape index (κ3) is 2.51. The predicted octanol–water partition coefficient (Wildman–Crippen LogP) is 2.28. The van der Waals surface area contributed by atoms with E-state index in [0.717, 1.165) is 37.1 Å². The standard InChI is InChI=1S/C16H28N4/c1-3-11-9-12(20(4-2)19-11)10-15(18-17)16-13-7-5-6-8-14(13)16/h9,13-16,18H,3-8,10,17H2,1-2H3. The minimum Gasteiger partial charge on any atom is -0.271 e. The van der Waals surface area contributed by atoms with E-state index in [1.54, 1.807) is 0 Å². The van der Waals surface area contributed by atoms with Crippen molar-refractivity contribution in [2.24, 2.45) is 23.6 Å². The fourth-order valence-electron chi connectivity index (χ4n) is 4.30. The van der Waals surface area contributed by atoms with Gasteiger partial charge in [0.1, 0.15) is 0 Å². The van der Waals surface area contributed by atoms with Crippen LogP contribution in [0, 0.1) is 17.8 Å². The molecule has 3 N–H and O–H groups in total. The van der Waals surface area contributed by atoms with Crippen LogP contribution >= 0.6 is 0 Å². The van der Waals surface area contributed by atoms with Crippen molar-refractivity contribution >= 4 is 0 Å². The molecule has 4 nitrogen and oxygen atoms in total. The van der Waals surface area contributed by atoms with Crippen molar-refractivity contribution in [1.82, 2.24) is 15.2 Å². The SMILES string of the molecule is CCc1cc(CC(NN)C2C3CCCCC32)n(CC)n1. The molecule has 0 aliphatic heterocycles. The second-order valence-corrected chi connectivity index (χ2v) is 6.46. The smallest absolute Gasteiger partial charge is 0.0624 e. The number of rotatable bonds is 6. The van der Waals surface area contributed by atoms with Crippen molar-refractivity contribution in [1.29, 1.82) is 0 Å². The number of nitrogens with zero attached hydrogens (tertiary/aromatic N) is 2. The Labute approximate surface area is 122 Å². The summed E-state index contributed by atoms with van der Waals surface area (Å²) in [5, 5.41) is 4.65. The predicted molar refractivity (Wildman–Crippen MR) is 81.0 cm³/mol. The molecule has 1 aromatic rings. The van der Waals surface area contributed by atoms with E-state index >= 15 is 0 Å². The van der Waals surface area contributed by atoms with Gasteiger partial charge in [0.15, 0.2) is 0 Å². The molecule has 112 valence electrons. The van der Waals surface area contributed by atoms with Crippen LogP contribution in [0.5, 0.6) is 0 Å². The summed E-state index contributed by atoms with van der Waals surface area (Å²) in [5.41, 5.74) is 5.65. The fraction of sp³-hybridized carbons (Fsp3) is 0.812. The zero-order valence-corrected chi connectivity index (χ0v) is 12.8. The van der Waals surface area contributed by atoms with Crippen LogP contribution < -0.4 is 11.3 Å². The Morgan fingerprint density at radius 1 is 1.35 bits per heavy atom. The monoisotopic (exact) mass is 276 g/mol. The minimum absolute atomic E-state index is 0.426. The van der Waals surface area contributed by atoms with Gasteiger partial charge in [-0.3, -0.25) is 16.0 Å². The summed E-state index contributed by atoms with van der Waals surface area (Å²) in [5.74, 6) is 8.54. The van der Waals surface area contributed by atoms with Gasteiger partial charge in [0.25, 0.3) is 0 Å². The number of aromatic nitrogens is 2. The largest absolute Gasteiger partial charge is 0.271 e. The number of nitrogens with two attached hydrogens (primary N) is 1. The number of hydrazine groups is 1. The number of aryl methyl sites for hydroxylation is 2. The van der Waals surface area contributed by atoms with Gasteiger partial charge in [-0.25, -0.2) is 0 Å². The van der Waals surface area contributed by atoms with Gasteiger partial charge in [-0.2, -0.15) is 5.10 Å². The van der Waals surface area contributed by atoms with Crippen molar-refractivity contribution < 1.29 is 0 Å². The summed E-state index contributed by atoms with van der Waals surface area (Å²) in [6.07, 6.45) is 7.70. The maximum absolute atomic E-state index is 5.87. The van der Waals surface area contributed by atoms with Gasteiger partial charge in [0, 0.05) is 24.7 Å². The minimum atomic E-state index is 0.426. The lowest BCUT2D eigenvalue weighted by Crippen LogP contribution is -2.39. The van der Waals surface area contributed by atoms with Crippen molar-refractivity contribution in [2.45, 2.75) is 65.0 Å². The van der Waals surface area contributed by atoms with Gasteiger partial charge in [-0.05, 0) is 50.0 Å². The molecule has 0 bridgehead atoms. The second kappa shape index (κ2) is 5.86. The Morgan fingerprint density at radius 2 is 2.05 bits per heavy atom. The number of nitrogens with one attached hydrogen (secondary N) is 1. The lowest BCUT2D eigenvalue weighted by molar-refractivity contribution is 0.423. The van der Waals surface area contributed by atoms with Gasteiger partial charge in [0.05, 0.1) is 5.69 Å². The third-order valence-electron chi connectivity index (χ3n) is 5.41. The molecule has 2 saturated carbocycles.